The summed E-state index contributed by atoms with van der Waals surface area (Å²) in [6, 6.07) is 20.7. The smallest absolute Gasteiger partial charge is 0.310 e. The van der Waals surface area contributed by atoms with E-state index in [4.69, 9.17) is 0 Å². The molecule has 2 aromatic rings. The van der Waals surface area contributed by atoms with Crippen molar-refractivity contribution in [1.29, 1.82) is 0 Å². The first-order valence-electron chi connectivity index (χ1n) is 13.4. The van der Waals surface area contributed by atoms with Crippen LogP contribution in [0.25, 0.3) is 5.57 Å². The number of piperidine rings is 1. The minimum Gasteiger partial charge on any atom is -0.510 e. The molecule has 1 saturated heterocycles. The Hall–Kier alpha value is -3.31. The number of benzene rings is 2. The van der Waals surface area contributed by atoms with Crippen LogP contribution in [0.5, 0.6) is 0 Å². The molecule has 1 aliphatic heterocycles. The van der Waals surface area contributed by atoms with Crippen molar-refractivity contribution in [3.05, 3.63) is 101 Å². The van der Waals surface area contributed by atoms with E-state index in [9.17, 15) is 20.1 Å². The molecule has 1 heterocycles. The molecule has 0 saturated carbocycles. The Morgan fingerprint density at radius 3 is 2.14 bits per heavy atom. The topological polar surface area (TPSA) is 81.0 Å². The van der Waals surface area contributed by atoms with Gasteiger partial charge in [-0.25, -0.2) is 0 Å². The van der Waals surface area contributed by atoms with E-state index >= 15 is 0 Å². The van der Waals surface area contributed by atoms with Crippen LogP contribution in [0.4, 0.5) is 0 Å². The highest BCUT2D eigenvalue weighted by atomic mass is 16.4. The molecule has 3 N–H and O–H groups in total. The first-order valence-corrected chi connectivity index (χ1v) is 13.4. The van der Waals surface area contributed by atoms with E-state index in [1.54, 1.807) is 13.8 Å². The van der Waals surface area contributed by atoms with Gasteiger partial charge in [0.1, 0.15) is 5.76 Å². The highest BCUT2D eigenvalue weighted by molar-refractivity contribution is 5.82. The van der Waals surface area contributed by atoms with Crippen LogP contribution in [0.15, 0.2) is 90.0 Å². The summed E-state index contributed by atoms with van der Waals surface area (Å²) in [5.74, 6) is -0.857. The standard InChI is InChI=1S/C32H39NO4/c1-4-13-28(35)32(31(2,3)30(36)37)20-19-25(27(34)22-32)33-21-12-11-18-26(33)29(23-14-7-5-8-15-23)24-16-9-6-10-17-24/h5-10,14-17,19-20,28,34-35H,4,11-13,18,21-22H2,1-3H3,(H,36,37). The molecule has 2 aromatic carbocycles. The Kier molecular flexibility index (Phi) is 7.93. The van der Waals surface area contributed by atoms with Gasteiger partial charge in [-0.05, 0) is 56.7 Å². The van der Waals surface area contributed by atoms with Crippen LogP contribution in [0.1, 0.15) is 70.4 Å². The van der Waals surface area contributed by atoms with Crippen LogP contribution in [-0.4, -0.2) is 38.8 Å². The highest BCUT2D eigenvalue weighted by Crippen LogP contribution is 2.52. The first-order chi connectivity index (χ1) is 17.7. The molecule has 2 unspecified atom stereocenters. The van der Waals surface area contributed by atoms with Crippen LogP contribution >= 0.6 is 0 Å². The zero-order valence-electron chi connectivity index (χ0n) is 22.2. The maximum absolute atomic E-state index is 12.3. The lowest BCUT2D eigenvalue weighted by atomic mass is 9.58. The average Bonchev–Trinajstić information content (AvgIpc) is 2.90. The summed E-state index contributed by atoms with van der Waals surface area (Å²) < 4.78 is 0. The number of allylic oxidation sites excluding steroid dienone is 3. The fourth-order valence-electron chi connectivity index (χ4n) is 5.87. The van der Waals surface area contributed by atoms with Crippen LogP contribution in [0.2, 0.25) is 0 Å². The van der Waals surface area contributed by atoms with Crippen molar-refractivity contribution in [1.82, 2.24) is 4.90 Å². The molecular weight excluding hydrogens is 462 g/mol. The Bertz CT molecular complexity index is 1150. The largest absolute Gasteiger partial charge is 0.510 e. The predicted molar refractivity (Wildman–Crippen MR) is 148 cm³/mol. The van der Waals surface area contributed by atoms with Crippen molar-refractivity contribution in [3.63, 3.8) is 0 Å². The zero-order valence-corrected chi connectivity index (χ0v) is 22.2. The molecular formula is C32H39NO4. The molecule has 5 heteroatoms. The molecule has 0 aromatic heterocycles. The molecule has 5 nitrogen and oxygen atoms in total. The maximum atomic E-state index is 12.3. The van der Waals surface area contributed by atoms with Gasteiger partial charge in [0.25, 0.3) is 0 Å². The second-order valence-corrected chi connectivity index (χ2v) is 10.8. The Morgan fingerprint density at radius 1 is 1.03 bits per heavy atom. The average molecular weight is 502 g/mol. The lowest BCUT2D eigenvalue weighted by molar-refractivity contribution is -0.159. The molecule has 0 spiro atoms. The quantitative estimate of drug-likeness (QED) is 0.366. The van der Waals surface area contributed by atoms with E-state index in [-0.39, 0.29) is 12.2 Å². The summed E-state index contributed by atoms with van der Waals surface area (Å²) in [5.41, 5.74) is 2.85. The zero-order chi connectivity index (χ0) is 26.6. The van der Waals surface area contributed by atoms with Gasteiger partial charge in [0, 0.05) is 29.7 Å². The van der Waals surface area contributed by atoms with Crippen molar-refractivity contribution < 1.29 is 20.1 Å². The minimum atomic E-state index is -1.27. The monoisotopic (exact) mass is 501 g/mol. The van der Waals surface area contributed by atoms with Crippen LogP contribution in [-0.2, 0) is 4.79 Å². The summed E-state index contributed by atoms with van der Waals surface area (Å²) in [4.78, 5) is 14.5. The van der Waals surface area contributed by atoms with E-state index in [0.29, 0.717) is 12.1 Å². The normalized spacial score (nSPS) is 21.2. The minimum absolute atomic E-state index is 0.0785. The number of aliphatic hydroxyl groups excluding tert-OH is 2. The summed E-state index contributed by atoms with van der Waals surface area (Å²) in [6.45, 7) is 6.02. The van der Waals surface area contributed by atoms with Gasteiger partial charge in [-0.1, -0.05) is 80.1 Å². The lowest BCUT2D eigenvalue weighted by Gasteiger charge is -2.48. The third-order valence-electron chi connectivity index (χ3n) is 8.22. The third kappa shape index (κ3) is 4.97. The lowest BCUT2D eigenvalue weighted by Crippen LogP contribution is -2.51. The number of carboxylic acids is 1. The number of carboxylic acid groups (broad SMARTS) is 1. The Morgan fingerprint density at radius 2 is 1.62 bits per heavy atom. The van der Waals surface area contributed by atoms with Crippen molar-refractivity contribution in [2.24, 2.45) is 10.8 Å². The first kappa shape index (κ1) is 26.7. The third-order valence-corrected chi connectivity index (χ3v) is 8.22. The fourth-order valence-corrected chi connectivity index (χ4v) is 5.87. The van der Waals surface area contributed by atoms with Gasteiger partial charge in [-0.2, -0.15) is 0 Å². The van der Waals surface area contributed by atoms with Gasteiger partial charge in [-0.15, -0.1) is 0 Å². The number of likely N-dealkylation sites (tertiary alicyclic amines) is 1. The number of hydrogen-bond donors (Lipinski definition) is 3. The van der Waals surface area contributed by atoms with Crippen molar-refractivity contribution >= 4 is 11.5 Å². The van der Waals surface area contributed by atoms with Crippen LogP contribution in [0, 0.1) is 10.8 Å². The molecule has 2 atom stereocenters. The van der Waals surface area contributed by atoms with Gasteiger partial charge in [0.05, 0.1) is 17.2 Å². The fraction of sp³-hybridized carbons (Fsp3) is 0.406. The van der Waals surface area contributed by atoms with Gasteiger partial charge in [0.2, 0.25) is 0 Å². The Balaban J connectivity index is 1.84. The molecule has 196 valence electrons. The van der Waals surface area contributed by atoms with E-state index in [1.807, 2.05) is 55.5 Å². The van der Waals surface area contributed by atoms with Crippen molar-refractivity contribution in [3.8, 4) is 0 Å². The van der Waals surface area contributed by atoms with Crippen molar-refractivity contribution in [2.45, 2.75) is 65.4 Å². The summed E-state index contributed by atoms with van der Waals surface area (Å²) in [5, 5.41) is 32.8. The Labute approximate surface area is 220 Å². The SMILES string of the molecule is CCCC(O)C1(C(C)(C)C(=O)O)C=CC(N2CCCCC2=C(c2ccccc2)c2ccccc2)=C(O)C1. The highest BCUT2D eigenvalue weighted by Gasteiger charge is 2.54. The van der Waals surface area contributed by atoms with Gasteiger partial charge in [0.15, 0.2) is 0 Å². The van der Waals surface area contributed by atoms with Crippen LogP contribution < -0.4 is 0 Å². The predicted octanol–water partition coefficient (Wildman–Crippen LogP) is 6.92. The summed E-state index contributed by atoms with van der Waals surface area (Å²) in [7, 11) is 0. The number of nitrogens with zero attached hydrogens (tertiary/aromatic N) is 1. The molecule has 1 aliphatic carbocycles. The van der Waals surface area contributed by atoms with Crippen molar-refractivity contribution in [2.75, 3.05) is 6.54 Å². The molecule has 4 rings (SSSR count). The van der Waals surface area contributed by atoms with Gasteiger partial charge >= 0.3 is 5.97 Å². The molecule has 1 fully saturated rings. The number of rotatable bonds is 8. The maximum Gasteiger partial charge on any atom is 0.310 e. The molecule has 0 radical (unpaired) electrons. The molecule has 2 aliphatic rings. The van der Waals surface area contributed by atoms with Crippen LogP contribution in [0.3, 0.4) is 0 Å². The molecule has 37 heavy (non-hydrogen) atoms. The van der Waals surface area contributed by atoms with E-state index in [1.165, 1.54) is 0 Å². The van der Waals surface area contributed by atoms with E-state index in [0.717, 1.165) is 54.6 Å². The number of hydrogen-bond acceptors (Lipinski definition) is 4. The van der Waals surface area contributed by atoms with E-state index < -0.39 is 22.9 Å². The number of carbonyl (C=O) groups is 1. The summed E-state index contributed by atoms with van der Waals surface area (Å²) in [6.07, 6.45) is 7.00. The van der Waals surface area contributed by atoms with Gasteiger partial charge < -0.3 is 20.2 Å². The number of aliphatic carboxylic acids is 1. The molecule has 0 amide bonds. The van der Waals surface area contributed by atoms with E-state index in [2.05, 4.69) is 29.2 Å². The summed E-state index contributed by atoms with van der Waals surface area (Å²) >= 11 is 0. The second-order valence-electron chi connectivity index (χ2n) is 10.8. The molecule has 0 bridgehead atoms. The van der Waals surface area contributed by atoms with Gasteiger partial charge in [-0.3, -0.25) is 4.79 Å². The number of aliphatic hydroxyl groups is 2. The second kappa shape index (κ2) is 11.0.